The number of anilines is 1. The fourth-order valence-electron chi connectivity index (χ4n) is 1.74. The molecule has 1 aromatic carbocycles. The van der Waals surface area contributed by atoms with Crippen LogP contribution < -0.4 is 5.73 Å². The van der Waals surface area contributed by atoms with Crippen LogP contribution in [0.1, 0.15) is 0 Å². The Hall–Kier alpha value is -2.62. The largest absolute Gasteiger partial charge is 0.472 e. The molecule has 0 spiro atoms. The van der Waals surface area contributed by atoms with Crippen molar-refractivity contribution in [1.82, 2.24) is 9.97 Å². The van der Waals surface area contributed by atoms with E-state index in [0.29, 0.717) is 11.6 Å². The minimum atomic E-state index is 0.444. The number of furan rings is 1. The average molecular weight is 237 g/mol. The van der Waals surface area contributed by atoms with Gasteiger partial charge in [0.15, 0.2) is 5.82 Å². The van der Waals surface area contributed by atoms with Gasteiger partial charge >= 0.3 is 0 Å². The van der Waals surface area contributed by atoms with E-state index in [1.165, 1.54) is 0 Å². The van der Waals surface area contributed by atoms with Crippen LogP contribution in [0.2, 0.25) is 0 Å². The van der Waals surface area contributed by atoms with E-state index in [1.807, 2.05) is 36.4 Å². The maximum atomic E-state index is 5.82. The van der Waals surface area contributed by atoms with Crippen LogP contribution in [0.15, 0.2) is 59.4 Å². The third kappa shape index (κ3) is 1.96. The molecule has 0 bridgehead atoms. The van der Waals surface area contributed by atoms with Crippen LogP contribution >= 0.6 is 0 Å². The van der Waals surface area contributed by atoms with Crippen molar-refractivity contribution in [2.45, 2.75) is 0 Å². The van der Waals surface area contributed by atoms with E-state index in [4.69, 9.17) is 10.2 Å². The highest BCUT2D eigenvalue weighted by Gasteiger charge is 2.07. The smallest absolute Gasteiger partial charge is 0.162 e. The summed E-state index contributed by atoms with van der Waals surface area (Å²) >= 11 is 0. The first kappa shape index (κ1) is 10.5. The fourth-order valence-corrected chi connectivity index (χ4v) is 1.74. The van der Waals surface area contributed by atoms with Gasteiger partial charge in [-0.3, -0.25) is 0 Å². The zero-order chi connectivity index (χ0) is 12.4. The van der Waals surface area contributed by atoms with Crippen LogP contribution in [-0.2, 0) is 0 Å². The molecule has 2 heterocycles. The van der Waals surface area contributed by atoms with Gasteiger partial charge < -0.3 is 10.2 Å². The van der Waals surface area contributed by atoms with Gasteiger partial charge in [0.05, 0.1) is 18.2 Å². The van der Waals surface area contributed by atoms with Crippen molar-refractivity contribution in [3.63, 3.8) is 0 Å². The van der Waals surface area contributed by atoms with Gasteiger partial charge in [-0.15, -0.1) is 0 Å². The molecule has 0 aliphatic carbocycles. The lowest BCUT2D eigenvalue weighted by Crippen LogP contribution is -1.97. The van der Waals surface area contributed by atoms with Crippen molar-refractivity contribution in [3.8, 4) is 22.6 Å². The molecule has 3 rings (SSSR count). The summed E-state index contributed by atoms with van der Waals surface area (Å²) < 4.78 is 5.05. The molecule has 0 amide bonds. The molecular formula is C14H11N3O. The lowest BCUT2D eigenvalue weighted by molar-refractivity contribution is 0.568. The van der Waals surface area contributed by atoms with E-state index >= 15 is 0 Å². The number of aromatic nitrogens is 2. The second kappa shape index (κ2) is 4.33. The van der Waals surface area contributed by atoms with Gasteiger partial charge in [-0.1, -0.05) is 30.3 Å². The summed E-state index contributed by atoms with van der Waals surface area (Å²) in [6.07, 6.45) is 3.24. The maximum Gasteiger partial charge on any atom is 0.162 e. The zero-order valence-electron chi connectivity index (χ0n) is 9.58. The molecule has 0 atom stereocenters. The molecule has 0 saturated heterocycles. The van der Waals surface area contributed by atoms with Crippen LogP contribution in [0.4, 0.5) is 5.82 Å². The number of nitrogen functional groups attached to an aromatic ring is 1. The molecule has 0 radical (unpaired) electrons. The number of hydrogen-bond donors (Lipinski definition) is 1. The predicted octanol–water partition coefficient (Wildman–Crippen LogP) is 2.99. The van der Waals surface area contributed by atoms with Crippen LogP contribution in [0.5, 0.6) is 0 Å². The average Bonchev–Trinajstić information content (AvgIpc) is 2.93. The first-order chi connectivity index (χ1) is 8.83. The predicted molar refractivity (Wildman–Crippen MR) is 69.6 cm³/mol. The van der Waals surface area contributed by atoms with E-state index < -0.39 is 0 Å². The molecule has 2 N–H and O–H groups in total. The second-order valence-corrected chi connectivity index (χ2v) is 3.88. The SMILES string of the molecule is Nc1cc(-c2ccoc2)nc(-c2ccccc2)n1. The van der Waals surface area contributed by atoms with E-state index in [9.17, 15) is 0 Å². The first-order valence-electron chi connectivity index (χ1n) is 5.55. The summed E-state index contributed by atoms with van der Waals surface area (Å²) in [5, 5.41) is 0. The second-order valence-electron chi connectivity index (χ2n) is 3.88. The number of nitrogens with zero attached hydrogens (tertiary/aromatic N) is 2. The zero-order valence-corrected chi connectivity index (χ0v) is 9.58. The Morgan fingerprint density at radius 2 is 1.78 bits per heavy atom. The summed E-state index contributed by atoms with van der Waals surface area (Å²) in [6.45, 7) is 0. The van der Waals surface area contributed by atoms with Crippen molar-refractivity contribution < 1.29 is 4.42 Å². The van der Waals surface area contributed by atoms with Gasteiger partial charge in [-0.2, -0.15) is 0 Å². The van der Waals surface area contributed by atoms with Crippen LogP contribution in [-0.4, -0.2) is 9.97 Å². The summed E-state index contributed by atoms with van der Waals surface area (Å²) in [4.78, 5) is 8.75. The van der Waals surface area contributed by atoms with Crippen molar-refractivity contribution in [3.05, 3.63) is 55.0 Å². The third-order valence-electron chi connectivity index (χ3n) is 2.59. The summed E-state index contributed by atoms with van der Waals surface area (Å²) in [5.41, 5.74) is 8.41. The molecule has 2 aromatic heterocycles. The van der Waals surface area contributed by atoms with Crippen molar-refractivity contribution >= 4 is 5.82 Å². The molecule has 4 nitrogen and oxygen atoms in total. The van der Waals surface area contributed by atoms with E-state index in [2.05, 4.69) is 9.97 Å². The standard InChI is InChI=1S/C14H11N3O/c15-13-8-12(11-6-7-18-9-11)16-14(17-13)10-4-2-1-3-5-10/h1-9H,(H2,15,16,17). The van der Waals surface area contributed by atoms with E-state index in [-0.39, 0.29) is 0 Å². The molecule has 0 aliphatic rings. The van der Waals surface area contributed by atoms with E-state index in [1.54, 1.807) is 18.6 Å². The highest BCUT2D eigenvalue weighted by molar-refractivity contribution is 5.65. The normalized spacial score (nSPS) is 10.4. The molecular weight excluding hydrogens is 226 g/mol. The van der Waals surface area contributed by atoms with E-state index in [0.717, 1.165) is 16.8 Å². The first-order valence-corrected chi connectivity index (χ1v) is 5.55. The minimum Gasteiger partial charge on any atom is -0.472 e. The Labute approximate surface area is 104 Å². The molecule has 0 unspecified atom stereocenters. The Kier molecular flexibility index (Phi) is 2.53. The Morgan fingerprint density at radius 3 is 2.50 bits per heavy atom. The maximum absolute atomic E-state index is 5.82. The van der Waals surface area contributed by atoms with Crippen LogP contribution in [0.25, 0.3) is 22.6 Å². The Bertz CT molecular complexity index is 648. The summed E-state index contributed by atoms with van der Waals surface area (Å²) in [6, 6.07) is 13.3. The van der Waals surface area contributed by atoms with Crippen molar-refractivity contribution in [1.29, 1.82) is 0 Å². The van der Waals surface area contributed by atoms with Gasteiger partial charge in [0, 0.05) is 17.2 Å². The number of hydrogen-bond acceptors (Lipinski definition) is 4. The Balaban J connectivity index is 2.12. The molecule has 0 aliphatic heterocycles. The minimum absolute atomic E-state index is 0.444. The molecule has 18 heavy (non-hydrogen) atoms. The van der Waals surface area contributed by atoms with Gasteiger partial charge in [-0.25, -0.2) is 9.97 Å². The van der Waals surface area contributed by atoms with Gasteiger partial charge in [-0.05, 0) is 6.07 Å². The fraction of sp³-hybridized carbons (Fsp3) is 0. The monoisotopic (exact) mass is 237 g/mol. The summed E-state index contributed by atoms with van der Waals surface area (Å²) in [5.74, 6) is 1.06. The number of benzene rings is 1. The van der Waals surface area contributed by atoms with Gasteiger partial charge in [0.2, 0.25) is 0 Å². The van der Waals surface area contributed by atoms with Gasteiger partial charge in [0.1, 0.15) is 5.82 Å². The molecule has 0 fully saturated rings. The molecule has 3 aromatic rings. The molecule has 0 saturated carbocycles. The summed E-state index contributed by atoms with van der Waals surface area (Å²) in [7, 11) is 0. The van der Waals surface area contributed by atoms with Crippen molar-refractivity contribution in [2.24, 2.45) is 0 Å². The topological polar surface area (TPSA) is 64.9 Å². The number of nitrogens with two attached hydrogens (primary N) is 1. The highest BCUT2D eigenvalue weighted by Crippen LogP contribution is 2.23. The Morgan fingerprint density at radius 1 is 0.944 bits per heavy atom. The van der Waals surface area contributed by atoms with Crippen molar-refractivity contribution in [2.75, 3.05) is 5.73 Å². The highest BCUT2D eigenvalue weighted by atomic mass is 16.3. The quantitative estimate of drug-likeness (QED) is 0.744. The lowest BCUT2D eigenvalue weighted by atomic mass is 10.2. The molecule has 88 valence electrons. The van der Waals surface area contributed by atoms with Crippen LogP contribution in [0.3, 0.4) is 0 Å². The number of rotatable bonds is 2. The molecule has 4 heteroatoms. The lowest BCUT2D eigenvalue weighted by Gasteiger charge is -2.04. The van der Waals surface area contributed by atoms with Gasteiger partial charge in [0.25, 0.3) is 0 Å². The third-order valence-corrected chi connectivity index (χ3v) is 2.59. The van der Waals surface area contributed by atoms with Crippen LogP contribution in [0, 0.1) is 0 Å².